The monoisotopic (exact) mass is 408 g/mol. The zero-order chi connectivity index (χ0) is 20.5. The molecule has 0 saturated heterocycles. The van der Waals surface area contributed by atoms with Gasteiger partial charge in [-0.1, -0.05) is 0 Å². The van der Waals surface area contributed by atoms with Crippen LogP contribution in [0.4, 0.5) is 5.69 Å². The van der Waals surface area contributed by atoms with Crippen molar-refractivity contribution >= 4 is 33.8 Å². The number of nitro benzene ring substituents is 1. The van der Waals surface area contributed by atoms with Crippen LogP contribution in [-0.2, 0) is 0 Å². The van der Waals surface area contributed by atoms with Crippen molar-refractivity contribution in [2.75, 3.05) is 7.11 Å². The summed E-state index contributed by atoms with van der Waals surface area (Å²) < 4.78 is 6.96. The number of fused-ring (bicyclic) bond motifs is 1. The third kappa shape index (κ3) is 3.43. The maximum absolute atomic E-state index is 12.4. The number of methoxy groups -OCH3 is 1. The van der Waals surface area contributed by atoms with E-state index in [1.807, 2.05) is 17.5 Å². The van der Waals surface area contributed by atoms with E-state index < -0.39 is 4.92 Å². The predicted octanol–water partition coefficient (Wildman–Crippen LogP) is 4.51. The Morgan fingerprint density at radius 2 is 2.21 bits per heavy atom. The Balaban J connectivity index is 1.84. The van der Waals surface area contributed by atoms with Gasteiger partial charge in [-0.15, -0.1) is 11.3 Å². The number of nitro groups is 1. The zero-order valence-corrected chi connectivity index (χ0v) is 16.4. The topological polar surface area (TPSA) is 103 Å². The van der Waals surface area contributed by atoms with Crippen LogP contribution in [0, 0.1) is 17.0 Å². The van der Waals surface area contributed by atoms with Crippen LogP contribution in [0.15, 0.2) is 48.8 Å². The van der Waals surface area contributed by atoms with E-state index in [1.54, 1.807) is 36.5 Å². The van der Waals surface area contributed by atoms with Gasteiger partial charge in [0.05, 0.1) is 29.1 Å². The second-order valence-electron chi connectivity index (χ2n) is 6.27. The van der Waals surface area contributed by atoms with Crippen molar-refractivity contribution in [3.05, 3.63) is 75.2 Å². The number of thiazole rings is 1. The van der Waals surface area contributed by atoms with E-state index in [0.717, 1.165) is 9.84 Å². The Kier molecular flexibility index (Phi) is 4.73. The number of aromatic amines is 1. The molecule has 0 aliphatic carbocycles. The number of carbonyl (C=O) groups excluding carboxylic acids is 1. The average Bonchev–Trinajstić information content (AvgIpc) is 3.42. The van der Waals surface area contributed by atoms with Crippen LogP contribution >= 0.6 is 11.3 Å². The molecule has 3 heterocycles. The SMILES string of the molecule is COc1ccc(-c2nc3sc(C)cn3c2/C=C/C(=O)c2ccc[nH]2)cc1[N+](=O)[O-]. The van der Waals surface area contributed by atoms with Gasteiger partial charge in [0, 0.05) is 28.9 Å². The van der Waals surface area contributed by atoms with Gasteiger partial charge in [0.2, 0.25) is 5.78 Å². The van der Waals surface area contributed by atoms with E-state index in [9.17, 15) is 14.9 Å². The van der Waals surface area contributed by atoms with Gasteiger partial charge in [-0.2, -0.15) is 0 Å². The highest BCUT2D eigenvalue weighted by Gasteiger charge is 2.20. The minimum absolute atomic E-state index is 0.144. The van der Waals surface area contributed by atoms with E-state index >= 15 is 0 Å². The van der Waals surface area contributed by atoms with Crippen molar-refractivity contribution in [1.29, 1.82) is 0 Å². The van der Waals surface area contributed by atoms with Gasteiger partial charge in [-0.25, -0.2) is 4.98 Å². The predicted molar refractivity (Wildman–Crippen MR) is 111 cm³/mol. The van der Waals surface area contributed by atoms with E-state index in [0.29, 0.717) is 22.6 Å². The molecule has 9 heteroatoms. The lowest BCUT2D eigenvalue weighted by Crippen LogP contribution is -1.96. The van der Waals surface area contributed by atoms with Crippen molar-refractivity contribution < 1.29 is 14.5 Å². The molecule has 0 fully saturated rings. The number of benzene rings is 1. The minimum Gasteiger partial charge on any atom is -0.490 e. The standard InChI is InChI=1S/C20H16N4O4S/c1-12-11-23-15(6-7-17(25)14-4-3-9-21-14)19(22-20(23)29-12)13-5-8-18(28-2)16(10-13)24(26)27/h3-11,21H,1-2H3/b7-6+. The average molecular weight is 408 g/mol. The number of aryl methyl sites for hydroxylation is 1. The van der Waals surface area contributed by atoms with Gasteiger partial charge in [-0.05, 0) is 43.3 Å². The van der Waals surface area contributed by atoms with Gasteiger partial charge < -0.3 is 9.72 Å². The van der Waals surface area contributed by atoms with Gasteiger partial charge in [0.1, 0.15) is 0 Å². The number of nitrogens with zero attached hydrogens (tertiary/aromatic N) is 3. The number of H-pyrrole nitrogens is 1. The van der Waals surface area contributed by atoms with Gasteiger partial charge in [0.15, 0.2) is 10.7 Å². The number of aromatic nitrogens is 3. The Morgan fingerprint density at radius 3 is 2.90 bits per heavy atom. The smallest absolute Gasteiger partial charge is 0.311 e. The maximum atomic E-state index is 12.4. The molecule has 4 rings (SSSR count). The third-order valence-electron chi connectivity index (χ3n) is 4.38. The summed E-state index contributed by atoms with van der Waals surface area (Å²) in [5, 5.41) is 11.4. The first kappa shape index (κ1) is 18.6. The first-order valence-electron chi connectivity index (χ1n) is 8.65. The number of ether oxygens (including phenoxy) is 1. The number of hydrogen-bond acceptors (Lipinski definition) is 6. The summed E-state index contributed by atoms with van der Waals surface area (Å²) in [4.78, 5) is 32.6. The number of carbonyl (C=O) groups is 1. The summed E-state index contributed by atoms with van der Waals surface area (Å²) in [6.07, 6.45) is 6.75. The molecule has 3 aromatic heterocycles. The molecule has 0 aliphatic rings. The maximum Gasteiger partial charge on any atom is 0.311 e. The summed E-state index contributed by atoms with van der Waals surface area (Å²) in [6, 6.07) is 8.14. The number of allylic oxidation sites excluding steroid dienone is 1. The van der Waals surface area contributed by atoms with Crippen molar-refractivity contribution in [1.82, 2.24) is 14.4 Å². The Bertz CT molecular complexity index is 1250. The molecule has 0 saturated carbocycles. The number of imidazole rings is 1. The Hall–Kier alpha value is -3.72. The first-order chi connectivity index (χ1) is 14.0. The lowest BCUT2D eigenvalue weighted by atomic mass is 10.1. The summed E-state index contributed by atoms with van der Waals surface area (Å²) in [6.45, 7) is 1.97. The number of ketones is 1. The summed E-state index contributed by atoms with van der Waals surface area (Å²) >= 11 is 1.50. The Morgan fingerprint density at radius 1 is 1.38 bits per heavy atom. The van der Waals surface area contributed by atoms with Crippen LogP contribution < -0.4 is 4.74 Å². The molecule has 0 unspecified atom stereocenters. The quantitative estimate of drug-likeness (QED) is 0.219. The number of hydrogen-bond donors (Lipinski definition) is 1. The fraction of sp³-hybridized carbons (Fsp3) is 0.100. The fourth-order valence-electron chi connectivity index (χ4n) is 3.05. The molecular weight excluding hydrogens is 392 g/mol. The fourth-order valence-corrected chi connectivity index (χ4v) is 3.88. The molecule has 29 heavy (non-hydrogen) atoms. The van der Waals surface area contributed by atoms with Gasteiger partial charge in [-0.3, -0.25) is 19.3 Å². The normalized spacial score (nSPS) is 11.4. The highest BCUT2D eigenvalue weighted by atomic mass is 32.1. The van der Waals surface area contributed by atoms with E-state index in [2.05, 4.69) is 9.97 Å². The van der Waals surface area contributed by atoms with E-state index in [-0.39, 0.29) is 17.2 Å². The van der Waals surface area contributed by atoms with Crippen LogP contribution in [0.5, 0.6) is 5.75 Å². The number of nitrogens with one attached hydrogen (secondary N) is 1. The van der Waals surface area contributed by atoms with Crippen molar-refractivity contribution in [2.24, 2.45) is 0 Å². The van der Waals surface area contributed by atoms with Crippen LogP contribution in [0.25, 0.3) is 22.3 Å². The minimum atomic E-state index is -0.491. The van der Waals surface area contributed by atoms with Crippen LogP contribution in [-0.4, -0.2) is 32.2 Å². The lowest BCUT2D eigenvalue weighted by molar-refractivity contribution is -0.385. The number of rotatable bonds is 6. The summed E-state index contributed by atoms with van der Waals surface area (Å²) in [7, 11) is 1.39. The molecule has 8 nitrogen and oxygen atoms in total. The van der Waals surface area contributed by atoms with Crippen LogP contribution in [0.1, 0.15) is 21.1 Å². The molecule has 146 valence electrons. The molecular formula is C20H16N4O4S. The summed E-state index contributed by atoms with van der Waals surface area (Å²) in [5.74, 6) is -0.00167. The van der Waals surface area contributed by atoms with Crippen molar-refractivity contribution in [3.63, 3.8) is 0 Å². The lowest BCUT2D eigenvalue weighted by Gasteiger charge is -2.04. The molecule has 0 amide bonds. The zero-order valence-electron chi connectivity index (χ0n) is 15.6. The molecule has 1 N–H and O–H groups in total. The van der Waals surface area contributed by atoms with Crippen LogP contribution in [0.2, 0.25) is 0 Å². The molecule has 4 aromatic rings. The van der Waals surface area contributed by atoms with Crippen LogP contribution in [0.3, 0.4) is 0 Å². The molecule has 0 bridgehead atoms. The van der Waals surface area contributed by atoms with Gasteiger partial charge >= 0.3 is 5.69 Å². The highest BCUT2D eigenvalue weighted by molar-refractivity contribution is 7.17. The second-order valence-corrected chi connectivity index (χ2v) is 7.48. The molecule has 0 atom stereocenters. The largest absolute Gasteiger partial charge is 0.490 e. The Labute approximate surface area is 169 Å². The molecule has 0 radical (unpaired) electrons. The van der Waals surface area contributed by atoms with E-state index in [4.69, 9.17) is 4.74 Å². The van der Waals surface area contributed by atoms with Crippen molar-refractivity contribution in [3.8, 4) is 17.0 Å². The first-order valence-corrected chi connectivity index (χ1v) is 9.46. The van der Waals surface area contributed by atoms with E-state index in [1.165, 1.54) is 30.6 Å². The molecule has 0 aliphatic heterocycles. The molecule has 0 spiro atoms. The summed E-state index contributed by atoms with van der Waals surface area (Å²) in [5.41, 5.74) is 2.12. The molecule has 1 aromatic carbocycles. The third-order valence-corrected chi connectivity index (χ3v) is 5.28. The van der Waals surface area contributed by atoms with Crippen molar-refractivity contribution in [2.45, 2.75) is 6.92 Å². The highest BCUT2D eigenvalue weighted by Crippen LogP contribution is 2.35. The van der Waals surface area contributed by atoms with Gasteiger partial charge in [0.25, 0.3) is 0 Å². The second kappa shape index (κ2) is 7.36.